The summed E-state index contributed by atoms with van der Waals surface area (Å²) in [4.78, 5) is 0. The Bertz CT molecular complexity index is 1010. The quantitative estimate of drug-likeness (QED) is 0.653. The smallest absolute Gasteiger partial charge is 0.138 e. The Morgan fingerprint density at radius 3 is 2.00 bits per heavy atom. The Hall–Kier alpha value is -2.88. The lowest BCUT2D eigenvalue weighted by molar-refractivity contribution is 0.137. The minimum atomic E-state index is -0.174. The highest BCUT2D eigenvalue weighted by Crippen LogP contribution is 2.54. The summed E-state index contributed by atoms with van der Waals surface area (Å²) in [6, 6.07) is 7.33. The molecule has 0 unspecified atom stereocenters. The van der Waals surface area contributed by atoms with Crippen molar-refractivity contribution in [1.82, 2.24) is 0 Å². The molecule has 0 saturated carbocycles. The second kappa shape index (κ2) is 7.51. The van der Waals surface area contributed by atoms with Crippen molar-refractivity contribution < 1.29 is 19.7 Å². The van der Waals surface area contributed by atoms with Gasteiger partial charge in [-0.3, -0.25) is 0 Å². The van der Waals surface area contributed by atoms with Gasteiger partial charge in [-0.25, -0.2) is 0 Å². The number of hydrogen-bond acceptors (Lipinski definition) is 4. The van der Waals surface area contributed by atoms with E-state index in [1.807, 2.05) is 39.8 Å². The van der Waals surface area contributed by atoms with Crippen molar-refractivity contribution >= 4 is 0 Å². The first-order valence-electron chi connectivity index (χ1n) is 10.1. The molecule has 0 aliphatic carbocycles. The van der Waals surface area contributed by atoms with Gasteiger partial charge in [0, 0.05) is 22.3 Å². The van der Waals surface area contributed by atoms with Crippen molar-refractivity contribution in [2.24, 2.45) is 0 Å². The number of benzene rings is 2. The summed E-state index contributed by atoms with van der Waals surface area (Å²) < 4.78 is 12.6. The number of hydrogen-bond donors (Lipinski definition) is 2. The SMILES string of the molecule is CC(C)=CCc1c(O)ccc2c1O[C@@H]1c3ccc(O)c(CC=C(C)C)c3OC[C@H]21. The third-order valence-corrected chi connectivity index (χ3v) is 5.68. The van der Waals surface area contributed by atoms with E-state index in [2.05, 4.69) is 12.2 Å². The molecule has 4 rings (SSSR count). The van der Waals surface area contributed by atoms with Gasteiger partial charge in [0.2, 0.25) is 0 Å². The van der Waals surface area contributed by atoms with Gasteiger partial charge in [-0.1, -0.05) is 29.4 Å². The van der Waals surface area contributed by atoms with Gasteiger partial charge in [-0.05, 0) is 58.7 Å². The van der Waals surface area contributed by atoms with Gasteiger partial charge in [-0.15, -0.1) is 0 Å². The summed E-state index contributed by atoms with van der Waals surface area (Å²) in [6.07, 6.45) is 5.26. The molecular weight excluding hydrogens is 364 g/mol. The van der Waals surface area contributed by atoms with Crippen LogP contribution >= 0.6 is 0 Å². The number of rotatable bonds is 4. The third-order valence-electron chi connectivity index (χ3n) is 5.68. The van der Waals surface area contributed by atoms with Crippen LogP contribution in [0.2, 0.25) is 0 Å². The fourth-order valence-electron chi connectivity index (χ4n) is 4.11. The molecule has 152 valence electrons. The van der Waals surface area contributed by atoms with E-state index in [0.29, 0.717) is 19.4 Å². The van der Waals surface area contributed by atoms with Gasteiger partial charge in [0.05, 0.1) is 12.5 Å². The van der Waals surface area contributed by atoms with Gasteiger partial charge in [-0.2, -0.15) is 0 Å². The fraction of sp³-hybridized carbons (Fsp3) is 0.360. The highest BCUT2D eigenvalue weighted by molar-refractivity contribution is 5.59. The molecule has 0 amide bonds. The zero-order valence-electron chi connectivity index (χ0n) is 17.5. The zero-order valence-corrected chi connectivity index (χ0v) is 17.5. The average Bonchev–Trinajstić information content (AvgIpc) is 3.04. The number of allylic oxidation sites excluding steroid dienone is 4. The monoisotopic (exact) mass is 392 g/mol. The summed E-state index contributed by atoms with van der Waals surface area (Å²) >= 11 is 0. The van der Waals surface area contributed by atoms with Crippen LogP contribution in [0.25, 0.3) is 0 Å². The van der Waals surface area contributed by atoms with E-state index in [-0.39, 0.29) is 23.5 Å². The van der Waals surface area contributed by atoms with Crippen LogP contribution in [-0.4, -0.2) is 16.8 Å². The lowest BCUT2D eigenvalue weighted by atomic mass is 9.87. The molecule has 2 aromatic carbocycles. The van der Waals surface area contributed by atoms with Gasteiger partial charge in [0.25, 0.3) is 0 Å². The lowest BCUT2D eigenvalue weighted by Crippen LogP contribution is -2.24. The number of ether oxygens (including phenoxy) is 2. The van der Waals surface area contributed by atoms with E-state index in [0.717, 1.165) is 33.8 Å². The first-order valence-corrected chi connectivity index (χ1v) is 10.1. The molecular formula is C25H28O4. The summed E-state index contributed by atoms with van der Waals surface area (Å²) in [7, 11) is 0. The summed E-state index contributed by atoms with van der Waals surface area (Å²) in [5.41, 5.74) is 6.05. The summed E-state index contributed by atoms with van der Waals surface area (Å²) in [5, 5.41) is 20.8. The van der Waals surface area contributed by atoms with E-state index in [1.54, 1.807) is 12.1 Å². The molecule has 2 heterocycles. The van der Waals surface area contributed by atoms with Crippen LogP contribution in [0.1, 0.15) is 62.0 Å². The highest BCUT2D eigenvalue weighted by atomic mass is 16.5. The molecule has 0 fully saturated rings. The molecule has 0 bridgehead atoms. The molecule has 0 spiro atoms. The van der Waals surface area contributed by atoms with Crippen molar-refractivity contribution in [1.29, 1.82) is 0 Å². The molecule has 0 radical (unpaired) electrons. The Morgan fingerprint density at radius 2 is 1.41 bits per heavy atom. The Morgan fingerprint density at radius 1 is 0.862 bits per heavy atom. The second-order valence-corrected chi connectivity index (χ2v) is 8.39. The predicted octanol–water partition coefficient (Wildman–Crippen LogP) is 5.72. The van der Waals surface area contributed by atoms with Crippen LogP contribution < -0.4 is 9.47 Å². The molecule has 29 heavy (non-hydrogen) atoms. The van der Waals surface area contributed by atoms with E-state index in [4.69, 9.17) is 9.47 Å². The van der Waals surface area contributed by atoms with Crippen LogP contribution in [0.15, 0.2) is 47.6 Å². The maximum Gasteiger partial charge on any atom is 0.138 e. The van der Waals surface area contributed by atoms with Gasteiger partial charge < -0.3 is 19.7 Å². The molecule has 2 aliphatic heterocycles. The van der Waals surface area contributed by atoms with E-state index in [1.165, 1.54) is 11.1 Å². The Balaban J connectivity index is 1.75. The molecule has 0 saturated heterocycles. The van der Waals surface area contributed by atoms with Crippen molar-refractivity contribution in [2.45, 2.75) is 52.6 Å². The number of phenols is 2. The maximum absolute atomic E-state index is 10.4. The summed E-state index contributed by atoms with van der Waals surface area (Å²) in [5.74, 6) is 2.08. The molecule has 2 aliphatic rings. The van der Waals surface area contributed by atoms with Gasteiger partial charge in [0.1, 0.15) is 29.1 Å². The molecule has 2 aromatic rings. The van der Waals surface area contributed by atoms with Crippen LogP contribution in [0.5, 0.6) is 23.0 Å². The van der Waals surface area contributed by atoms with Crippen molar-refractivity contribution in [3.8, 4) is 23.0 Å². The average molecular weight is 392 g/mol. The fourth-order valence-corrected chi connectivity index (χ4v) is 4.11. The standard InChI is InChI=1S/C25H28O4/c1-14(2)5-7-17-21(26)12-10-19-23(17)28-13-20-16-9-11-22(27)18(8-6-15(3)4)24(16)29-25(19)20/h5-6,9-12,20,25-27H,7-8,13H2,1-4H3/t20-,25-/m1/s1. The van der Waals surface area contributed by atoms with E-state index < -0.39 is 0 Å². The third kappa shape index (κ3) is 3.48. The van der Waals surface area contributed by atoms with E-state index >= 15 is 0 Å². The van der Waals surface area contributed by atoms with Crippen LogP contribution in [-0.2, 0) is 12.8 Å². The second-order valence-electron chi connectivity index (χ2n) is 8.39. The molecule has 4 nitrogen and oxygen atoms in total. The predicted molar refractivity (Wildman–Crippen MR) is 114 cm³/mol. The minimum absolute atomic E-state index is 0.0735. The lowest BCUT2D eigenvalue weighted by Gasteiger charge is -2.29. The Kier molecular flexibility index (Phi) is 5.03. The number of aromatic hydroxyl groups is 2. The van der Waals surface area contributed by atoms with Crippen molar-refractivity contribution in [2.75, 3.05) is 6.61 Å². The van der Waals surface area contributed by atoms with Crippen LogP contribution in [0, 0.1) is 0 Å². The van der Waals surface area contributed by atoms with Crippen molar-refractivity contribution in [3.05, 3.63) is 69.8 Å². The van der Waals surface area contributed by atoms with Crippen LogP contribution in [0.3, 0.4) is 0 Å². The minimum Gasteiger partial charge on any atom is -0.508 e. The first-order chi connectivity index (χ1) is 13.9. The molecule has 4 heteroatoms. The Labute approximate surface area is 172 Å². The largest absolute Gasteiger partial charge is 0.508 e. The molecule has 2 atom stereocenters. The molecule has 0 aromatic heterocycles. The zero-order chi connectivity index (χ0) is 20.7. The topological polar surface area (TPSA) is 58.9 Å². The van der Waals surface area contributed by atoms with E-state index in [9.17, 15) is 10.2 Å². The maximum atomic E-state index is 10.4. The van der Waals surface area contributed by atoms with Gasteiger partial charge >= 0.3 is 0 Å². The van der Waals surface area contributed by atoms with Crippen molar-refractivity contribution in [3.63, 3.8) is 0 Å². The highest BCUT2D eigenvalue weighted by Gasteiger charge is 2.43. The van der Waals surface area contributed by atoms with Gasteiger partial charge in [0.15, 0.2) is 0 Å². The summed E-state index contributed by atoms with van der Waals surface area (Å²) in [6.45, 7) is 8.67. The number of fused-ring (bicyclic) bond motifs is 5. The normalized spacial score (nSPS) is 18.6. The molecule has 2 N–H and O–H groups in total. The number of phenolic OH excluding ortho intramolecular Hbond substituents is 2. The van der Waals surface area contributed by atoms with Crippen LogP contribution in [0.4, 0.5) is 0 Å². The first kappa shape index (κ1) is 19.4.